The molecule has 0 aliphatic carbocycles. The van der Waals surface area contributed by atoms with Crippen molar-refractivity contribution in [2.75, 3.05) is 0 Å². The fourth-order valence-corrected chi connectivity index (χ4v) is 1.75. The van der Waals surface area contributed by atoms with Crippen molar-refractivity contribution in [1.29, 1.82) is 0 Å². The van der Waals surface area contributed by atoms with Gasteiger partial charge in [-0.15, -0.1) is 0 Å². The molecule has 0 saturated heterocycles. The molecule has 0 amide bonds. The highest BCUT2D eigenvalue weighted by atomic mass is 35.5. The molecule has 1 rings (SSSR count). The van der Waals surface area contributed by atoms with Crippen molar-refractivity contribution >= 4 is 11.6 Å². The number of benzene rings is 1. The van der Waals surface area contributed by atoms with Crippen molar-refractivity contribution in [2.24, 2.45) is 5.41 Å². The van der Waals surface area contributed by atoms with Crippen molar-refractivity contribution in [1.82, 2.24) is 0 Å². The molecule has 0 aliphatic heterocycles. The standard InChI is InChI=1S/C13H16ClF3/c1-8(12(2,3)4)9-5-6-11(14)10(7-9)13(15,16)17/h5-8H,1-4H3. The zero-order chi connectivity index (χ0) is 13.4. The van der Waals surface area contributed by atoms with Gasteiger partial charge in [0.2, 0.25) is 0 Å². The molecular weight excluding hydrogens is 249 g/mol. The molecule has 17 heavy (non-hydrogen) atoms. The van der Waals surface area contributed by atoms with Gasteiger partial charge in [-0.2, -0.15) is 13.2 Å². The second kappa shape index (κ2) is 4.52. The summed E-state index contributed by atoms with van der Waals surface area (Å²) in [5.74, 6) is 0.0286. The third kappa shape index (κ3) is 3.38. The average molecular weight is 265 g/mol. The van der Waals surface area contributed by atoms with Gasteiger partial charge in [0.15, 0.2) is 0 Å². The lowest BCUT2D eigenvalue weighted by Crippen LogP contribution is -2.16. The van der Waals surface area contributed by atoms with Gasteiger partial charge in [0.1, 0.15) is 0 Å². The molecule has 1 aromatic carbocycles. The molecule has 0 N–H and O–H groups in total. The molecule has 1 aromatic rings. The van der Waals surface area contributed by atoms with Crippen LogP contribution in [0, 0.1) is 5.41 Å². The highest BCUT2D eigenvalue weighted by Crippen LogP contribution is 2.40. The summed E-state index contributed by atoms with van der Waals surface area (Å²) in [5.41, 5.74) is -0.182. The summed E-state index contributed by atoms with van der Waals surface area (Å²) in [7, 11) is 0. The highest BCUT2D eigenvalue weighted by molar-refractivity contribution is 6.31. The molecule has 0 spiro atoms. The summed E-state index contributed by atoms with van der Waals surface area (Å²) in [6, 6.07) is 4.13. The Balaban J connectivity index is 3.23. The number of hydrogen-bond acceptors (Lipinski definition) is 0. The minimum atomic E-state index is -4.40. The maximum atomic E-state index is 12.7. The summed E-state index contributed by atoms with van der Waals surface area (Å²) in [5, 5.41) is -0.248. The van der Waals surface area contributed by atoms with Crippen molar-refractivity contribution in [2.45, 2.75) is 39.8 Å². The first-order valence-corrected chi connectivity index (χ1v) is 5.78. The van der Waals surface area contributed by atoms with Crippen molar-refractivity contribution in [3.8, 4) is 0 Å². The quantitative estimate of drug-likeness (QED) is 0.627. The van der Waals surface area contributed by atoms with E-state index in [4.69, 9.17) is 11.6 Å². The molecule has 1 unspecified atom stereocenters. The molecule has 0 aliphatic rings. The number of halogens is 4. The third-order valence-corrected chi connectivity index (χ3v) is 3.42. The summed E-state index contributed by atoms with van der Waals surface area (Å²) < 4.78 is 38.1. The van der Waals surface area contributed by atoms with Crippen LogP contribution in [0.25, 0.3) is 0 Å². The molecule has 4 heteroatoms. The summed E-state index contributed by atoms with van der Waals surface area (Å²) >= 11 is 5.58. The molecule has 0 nitrogen and oxygen atoms in total. The van der Waals surface area contributed by atoms with Crippen LogP contribution in [0.1, 0.15) is 44.7 Å². The third-order valence-electron chi connectivity index (χ3n) is 3.09. The van der Waals surface area contributed by atoms with Gasteiger partial charge in [-0.3, -0.25) is 0 Å². The van der Waals surface area contributed by atoms with Crippen LogP contribution in [-0.4, -0.2) is 0 Å². The zero-order valence-electron chi connectivity index (χ0n) is 10.3. The maximum Gasteiger partial charge on any atom is 0.417 e. The average Bonchev–Trinajstić information content (AvgIpc) is 2.14. The second-order valence-electron chi connectivity index (χ2n) is 5.32. The van der Waals surface area contributed by atoms with Crippen molar-refractivity contribution in [3.05, 3.63) is 34.3 Å². The Hall–Kier alpha value is -0.700. The molecule has 0 saturated carbocycles. The lowest BCUT2D eigenvalue weighted by Gasteiger charge is -2.28. The Morgan fingerprint density at radius 2 is 1.65 bits per heavy atom. The van der Waals surface area contributed by atoms with Gasteiger partial charge in [0, 0.05) is 0 Å². The van der Waals surface area contributed by atoms with Gasteiger partial charge in [0.25, 0.3) is 0 Å². The summed E-state index contributed by atoms with van der Waals surface area (Å²) in [6.45, 7) is 7.92. The lowest BCUT2D eigenvalue weighted by molar-refractivity contribution is -0.137. The normalized spacial score (nSPS) is 14.8. The second-order valence-corrected chi connectivity index (χ2v) is 5.73. The molecule has 0 fully saturated rings. The molecule has 0 radical (unpaired) electrons. The van der Waals surface area contributed by atoms with E-state index in [0.29, 0.717) is 5.56 Å². The fraction of sp³-hybridized carbons (Fsp3) is 0.538. The molecule has 1 atom stereocenters. The van der Waals surface area contributed by atoms with E-state index in [1.54, 1.807) is 6.07 Å². The predicted octanol–water partition coefficient (Wildman–Crippen LogP) is 5.51. The van der Waals surface area contributed by atoms with Gasteiger partial charge >= 0.3 is 6.18 Å². The molecular formula is C13H16ClF3. The molecule has 0 aromatic heterocycles. The maximum absolute atomic E-state index is 12.7. The van der Waals surface area contributed by atoms with Crippen LogP contribution >= 0.6 is 11.6 Å². The van der Waals surface area contributed by atoms with Gasteiger partial charge in [-0.05, 0) is 29.0 Å². The number of hydrogen-bond donors (Lipinski definition) is 0. The van der Waals surface area contributed by atoms with Crippen molar-refractivity contribution in [3.63, 3.8) is 0 Å². The zero-order valence-corrected chi connectivity index (χ0v) is 11.1. The Kier molecular flexibility index (Phi) is 3.82. The SMILES string of the molecule is CC(c1ccc(Cl)c(C(F)(F)F)c1)C(C)(C)C. The number of rotatable bonds is 1. The van der Waals surface area contributed by atoms with E-state index in [0.717, 1.165) is 6.07 Å². The number of alkyl halides is 3. The lowest BCUT2D eigenvalue weighted by atomic mass is 9.77. The first-order chi connectivity index (χ1) is 7.53. The van der Waals surface area contributed by atoms with Gasteiger partial charge in [0.05, 0.1) is 10.6 Å². The van der Waals surface area contributed by atoms with Crippen LogP contribution in [0.15, 0.2) is 18.2 Å². The summed E-state index contributed by atoms with van der Waals surface area (Å²) in [6.07, 6.45) is -4.40. The van der Waals surface area contributed by atoms with E-state index in [9.17, 15) is 13.2 Å². The predicted molar refractivity (Wildman–Crippen MR) is 64.3 cm³/mol. The Morgan fingerprint density at radius 3 is 2.06 bits per heavy atom. The van der Waals surface area contributed by atoms with Crippen LogP contribution in [0.2, 0.25) is 5.02 Å². The van der Waals surface area contributed by atoms with Gasteiger partial charge < -0.3 is 0 Å². The van der Waals surface area contributed by atoms with Crippen LogP contribution in [0.5, 0.6) is 0 Å². The van der Waals surface area contributed by atoms with Crippen molar-refractivity contribution < 1.29 is 13.2 Å². The Morgan fingerprint density at radius 1 is 1.12 bits per heavy atom. The first-order valence-electron chi connectivity index (χ1n) is 5.40. The van der Waals surface area contributed by atoms with E-state index in [1.165, 1.54) is 6.07 Å². The fourth-order valence-electron chi connectivity index (χ4n) is 1.53. The smallest absolute Gasteiger partial charge is 0.166 e. The van der Waals surface area contributed by atoms with Gasteiger partial charge in [-0.25, -0.2) is 0 Å². The van der Waals surface area contributed by atoms with Gasteiger partial charge in [-0.1, -0.05) is 45.4 Å². The van der Waals surface area contributed by atoms with E-state index in [1.807, 2.05) is 27.7 Å². The minimum Gasteiger partial charge on any atom is -0.166 e. The Labute approximate surface area is 105 Å². The van der Waals surface area contributed by atoms with E-state index < -0.39 is 11.7 Å². The molecule has 96 valence electrons. The van der Waals surface area contributed by atoms with E-state index in [2.05, 4.69) is 0 Å². The molecule has 0 bridgehead atoms. The summed E-state index contributed by atoms with van der Waals surface area (Å²) in [4.78, 5) is 0. The van der Waals surface area contributed by atoms with E-state index >= 15 is 0 Å². The monoisotopic (exact) mass is 264 g/mol. The molecule has 0 heterocycles. The topological polar surface area (TPSA) is 0 Å². The van der Waals surface area contributed by atoms with Crippen LogP contribution < -0.4 is 0 Å². The van der Waals surface area contributed by atoms with Crippen LogP contribution in [-0.2, 0) is 6.18 Å². The largest absolute Gasteiger partial charge is 0.417 e. The minimum absolute atomic E-state index is 0.0286. The van der Waals surface area contributed by atoms with E-state index in [-0.39, 0.29) is 16.4 Å². The van der Waals surface area contributed by atoms with Crippen LogP contribution in [0.4, 0.5) is 13.2 Å². The van der Waals surface area contributed by atoms with Crippen LogP contribution in [0.3, 0.4) is 0 Å². The Bertz CT molecular complexity index is 402. The highest BCUT2D eigenvalue weighted by Gasteiger charge is 2.34. The first kappa shape index (κ1) is 14.4.